The Morgan fingerprint density at radius 1 is 1.33 bits per heavy atom. The fourth-order valence-corrected chi connectivity index (χ4v) is 2.54. The number of aromatic nitrogens is 2. The lowest BCUT2D eigenvalue weighted by Crippen LogP contribution is -2.26. The summed E-state index contributed by atoms with van der Waals surface area (Å²) in [4.78, 5) is 23.8. The van der Waals surface area contributed by atoms with Crippen LogP contribution in [0.4, 0.5) is 5.69 Å². The minimum Gasteiger partial charge on any atom is -0.320 e. The number of carbonyl (C=O) groups excluding carboxylic acids is 1. The fraction of sp³-hybridized carbons (Fsp3) is 0.267. The lowest BCUT2D eigenvalue weighted by Gasteiger charge is -2.09. The van der Waals surface area contributed by atoms with Crippen molar-refractivity contribution in [3.05, 3.63) is 55.5 Å². The molecule has 0 spiro atoms. The van der Waals surface area contributed by atoms with Crippen molar-refractivity contribution >= 4 is 34.2 Å². The Bertz CT molecular complexity index is 725. The van der Waals surface area contributed by atoms with E-state index in [9.17, 15) is 9.59 Å². The molecule has 0 bridgehead atoms. The number of aryl methyl sites for hydroxylation is 2. The number of nitrogens with zero attached hydrogens (tertiary/aromatic N) is 2. The molecule has 0 fully saturated rings. The molecule has 5 nitrogen and oxygen atoms in total. The Hall–Kier alpha value is -1.70. The molecule has 110 valence electrons. The van der Waals surface area contributed by atoms with E-state index in [1.807, 2.05) is 32.0 Å². The molecule has 2 rings (SSSR count). The molecule has 2 aromatic rings. The van der Waals surface area contributed by atoms with Gasteiger partial charge in [-0.3, -0.25) is 9.59 Å². The molecule has 1 heterocycles. The summed E-state index contributed by atoms with van der Waals surface area (Å²) in [6, 6.07) is 8.59. The highest BCUT2D eigenvalue weighted by Crippen LogP contribution is 2.18. The predicted octanol–water partition coefficient (Wildman–Crippen LogP) is 2.82. The van der Waals surface area contributed by atoms with Crippen LogP contribution < -0.4 is 10.9 Å². The van der Waals surface area contributed by atoms with Crippen molar-refractivity contribution in [1.29, 1.82) is 0 Å². The van der Waals surface area contributed by atoms with Gasteiger partial charge in [0.15, 0.2) is 0 Å². The first kappa shape index (κ1) is 15.7. The standard InChI is InChI=1S/C15H16IN3O2/c1-3-8-19-14(20)7-6-13(18-19)15(21)17-12-5-4-11(16)9-10(12)2/h4-7,9H,3,8H2,1-2H3,(H,17,21). The van der Waals surface area contributed by atoms with Gasteiger partial charge in [0.1, 0.15) is 5.69 Å². The maximum atomic E-state index is 12.2. The van der Waals surface area contributed by atoms with Gasteiger partial charge in [-0.15, -0.1) is 0 Å². The molecular weight excluding hydrogens is 381 g/mol. The highest BCUT2D eigenvalue weighted by molar-refractivity contribution is 14.1. The molecule has 0 atom stereocenters. The SMILES string of the molecule is CCCn1nc(C(=O)Nc2ccc(I)cc2C)ccc1=O. The summed E-state index contributed by atoms with van der Waals surface area (Å²) in [6.07, 6.45) is 0.786. The van der Waals surface area contributed by atoms with Crippen LogP contribution in [0.15, 0.2) is 35.1 Å². The molecule has 0 radical (unpaired) electrons. The van der Waals surface area contributed by atoms with Crippen LogP contribution in [0.2, 0.25) is 0 Å². The van der Waals surface area contributed by atoms with E-state index in [0.29, 0.717) is 6.54 Å². The first-order valence-corrected chi connectivity index (χ1v) is 7.75. The Morgan fingerprint density at radius 3 is 2.76 bits per heavy atom. The molecular formula is C15H16IN3O2. The van der Waals surface area contributed by atoms with Gasteiger partial charge in [0.05, 0.1) is 0 Å². The summed E-state index contributed by atoms with van der Waals surface area (Å²) in [6.45, 7) is 4.39. The second kappa shape index (κ2) is 6.84. The maximum absolute atomic E-state index is 12.2. The number of rotatable bonds is 4. The van der Waals surface area contributed by atoms with Gasteiger partial charge in [-0.1, -0.05) is 6.92 Å². The van der Waals surface area contributed by atoms with E-state index < -0.39 is 0 Å². The molecule has 0 saturated heterocycles. The fourth-order valence-electron chi connectivity index (χ4n) is 1.90. The van der Waals surface area contributed by atoms with E-state index in [1.54, 1.807) is 0 Å². The number of halogens is 1. The van der Waals surface area contributed by atoms with Crippen LogP contribution in [0, 0.1) is 10.5 Å². The average molecular weight is 397 g/mol. The monoisotopic (exact) mass is 397 g/mol. The van der Waals surface area contributed by atoms with Crippen molar-refractivity contribution in [2.45, 2.75) is 26.8 Å². The van der Waals surface area contributed by atoms with E-state index in [2.05, 4.69) is 33.0 Å². The summed E-state index contributed by atoms with van der Waals surface area (Å²) in [5.74, 6) is -0.316. The largest absolute Gasteiger partial charge is 0.320 e. The Balaban J connectivity index is 2.24. The van der Waals surface area contributed by atoms with E-state index >= 15 is 0 Å². The summed E-state index contributed by atoms with van der Waals surface area (Å²) in [7, 11) is 0. The summed E-state index contributed by atoms with van der Waals surface area (Å²) in [5, 5.41) is 6.92. The molecule has 1 amide bonds. The zero-order valence-electron chi connectivity index (χ0n) is 11.9. The Kier molecular flexibility index (Phi) is 5.11. The second-order valence-corrected chi connectivity index (χ2v) is 5.94. The third-order valence-electron chi connectivity index (χ3n) is 2.97. The Morgan fingerprint density at radius 2 is 2.10 bits per heavy atom. The van der Waals surface area contributed by atoms with Crippen molar-refractivity contribution in [1.82, 2.24) is 9.78 Å². The lowest BCUT2D eigenvalue weighted by molar-refractivity contribution is 0.101. The van der Waals surface area contributed by atoms with Gasteiger partial charge in [0.25, 0.3) is 11.5 Å². The number of nitrogens with one attached hydrogen (secondary N) is 1. The molecule has 1 N–H and O–H groups in total. The van der Waals surface area contributed by atoms with Crippen molar-refractivity contribution in [3.8, 4) is 0 Å². The minimum absolute atomic E-state index is 0.196. The molecule has 1 aromatic carbocycles. The van der Waals surface area contributed by atoms with Crippen LogP contribution in [-0.4, -0.2) is 15.7 Å². The Labute approximate surface area is 136 Å². The second-order valence-electron chi connectivity index (χ2n) is 4.69. The van der Waals surface area contributed by atoms with Crippen LogP contribution >= 0.6 is 22.6 Å². The number of amides is 1. The number of benzene rings is 1. The van der Waals surface area contributed by atoms with E-state index in [1.165, 1.54) is 16.8 Å². The quantitative estimate of drug-likeness (QED) is 0.808. The van der Waals surface area contributed by atoms with Crippen LogP contribution in [-0.2, 0) is 6.54 Å². The van der Waals surface area contributed by atoms with Crippen molar-refractivity contribution < 1.29 is 4.79 Å². The first-order valence-electron chi connectivity index (χ1n) is 6.67. The zero-order chi connectivity index (χ0) is 15.4. The summed E-state index contributed by atoms with van der Waals surface area (Å²) < 4.78 is 2.42. The highest BCUT2D eigenvalue weighted by atomic mass is 127. The van der Waals surface area contributed by atoms with Crippen molar-refractivity contribution in [2.75, 3.05) is 5.32 Å². The topological polar surface area (TPSA) is 64.0 Å². The van der Waals surface area contributed by atoms with E-state index in [4.69, 9.17) is 0 Å². The van der Waals surface area contributed by atoms with Gasteiger partial charge in [-0.2, -0.15) is 5.10 Å². The third kappa shape index (κ3) is 3.90. The zero-order valence-corrected chi connectivity index (χ0v) is 14.0. The van der Waals surface area contributed by atoms with Crippen molar-refractivity contribution in [2.24, 2.45) is 0 Å². The molecule has 6 heteroatoms. The number of hydrogen-bond acceptors (Lipinski definition) is 3. The predicted molar refractivity (Wildman–Crippen MR) is 90.6 cm³/mol. The molecule has 0 saturated carbocycles. The molecule has 1 aromatic heterocycles. The lowest BCUT2D eigenvalue weighted by atomic mass is 10.2. The van der Waals surface area contributed by atoms with Gasteiger partial charge in [-0.05, 0) is 65.8 Å². The first-order chi connectivity index (χ1) is 10.0. The molecule has 0 aliphatic rings. The van der Waals surface area contributed by atoms with Gasteiger partial charge in [0.2, 0.25) is 0 Å². The normalized spacial score (nSPS) is 10.4. The van der Waals surface area contributed by atoms with Gasteiger partial charge >= 0.3 is 0 Å². The van der Waals surface area contributed by atoms with Crippen LogP contribution in [0.1, 0.15) is 29.4 Å². The number of anilines is 1. The third-order valence-corrected chi connectivity index (χ3v) is 3.64. The van der Waals surface area contributed by atoms with Crippen LogP contribution in [0.25, 0.3) is 0 Å². The molecule has 0 aliphatic heterocycles. The van der Waals surface area contributed by atoms with Crippen molar-refractivity contribution in [3.63, 3.8) is 0 Å². The molecule has 0 aliphatic carbocycles. The van der Waals surface area contributed by atoms with Gasteiger partial charge < -0.3 is 5.32 Å². The van der Waals surface area contributed by atoms with Crippen LogP contribution in [0.5, 0.6) is 0 Å². The average Bonchev–Trinajstić information content (AvgIpc) is 2.44. The number of hydrogen-bond donors (Lipinski definition) is 1. The van der Waals surface area contributed by atoms with Gasteiger partial charge in [0, 0.05) is 21.9 Å². The molecule has 21 heavy (non-hydrogen) atoms. The number of carbonyl (C=O) groups is 1. The molecule has 0 unspecified atom stereocenters. The smallest absolute Gasteiger partial charge is 0.276 e. The minimum atomic E-state index is -0.316. The summed E-state index contributed by atoms with van der Waals surface area (Å²) >= 11 is 2.22. The van der Waals surface area contributed by atoms with Crippen LogP contribution in [0.3, 0.4) is 0 Å². The van der Waals surface area contributed by atoms with E-state index in [-0.39, 0.29) is 17.2 Å². The maximum Gasteiger partial charge on any atom is 0.276 e. The highest BCUT2D eigenvalue weighted by Gasteiger charge is 2.11. The van der Waals surface area contributed by atoms with E-state index in [0.717, 1.165) is 21.2 Å². The van der Waals surface area contributed by atoms with Gasteiger partial charge in [-0.25, -0.2) is 4.68 Å². The summed E-state index contributed by atoms with van der Waals surface area (Å²) in [5.41, 5.74) is 1.77.